The Labute approximate surface area is 160 Å². The number of carboxylic acids is 1. The molecule has 0 unspecified atom stereocenters. The van der Waals surface area contributed by atoms with Gasteiger partial charge in [0, 0.05) is 11.3 Å². The van der Waals surface area contributed by atoms with Crippen molar-refractivity contribution in [3.8, 4) is 0 Å². The average molecular weight is 376 g/mol. The first kappa shape index (κ1) is 19.3. The van der Waals surface area contributed by atoms with Gasteiger partial charge >= 0.3 is 5.97 Å². The molecule has 1 heterocycles. The first-order chi connectivity index (χ1) is 12.3. The Morgan fingerprint density at radius 2 is 1.69 bits per heavy atom. The van der Waals surface area contributed by atoms with Crippen LogP contribution in [0.15, 0.2) is 24.3 Å². The number of aliphatic carboxylic acids is 1. The third kappa shape index (κ3) is 3.93. The van der Waals surface area contributed by atoms with Gasteiger partial charge < -0.3 is 10.0 Å². The van der Waals surface area contributed by atoms with Crippen LogP contribution in [-0.2, 0) is 10.2 Å². The second kappa shape index (κ2) is 7.63. The number of thioether (sulfide) groups is 1. The van der Waals surface area contributed by atoms with Crippen molar-refractivity contribution in [3.63, 3.8) is 0 Å². The number of amides is 1. The number of rotatable bonds is 3. The van der Waals surface area contributed by atoms with Crippen molar-refractivity contribution in [1.82, 2.24) is 4.90 Å². The summed E-state index contributed by atoms with van der Waals surface area (Å²) >= 11 is 1.65. The van der Waals surface area contributed by atoms with E-state index < -0.39 is 12.0 Å². The van der Waals surface area contributed by atoms with Crippen LogP contribution in [0, 0.1) is 5.92 Å². The zero-order valence-corrected chi connectivity index (χ0v) is 16.7. The molecule has 0 radical (unpaired) electrons. The van der Waals surface area contributed by atoms with Crippen molar-refractivity contribution in [2.24, 2.45) is 5.92 Å². The summed E-state index contributed by atoms with van der Waals surface area (Å²) in [6, 6.07) is 6.96. The topological polar surface area (TPSA) is 57.6 Å². The smallest absolute Gasteiger partial charge is 0.327 e. The van der Waals surface area contributed by atoms with Crippen molar-refractivity contribution in [2.75, 3.05) is 5.75 Å². The zero-order valence-electron chi connectivity index (χ0n) is 15.9. The molecule has 1 aliphatic heterocycles. The third-order valence-electron chi connectivity index (χ3n) is 5.61. The molecule has 1 N–H and O–H groups in total. The Kier molecular flexibility index (Phi) is 5.66. The molecule has 2 atom stereocenters. The maximum Gasteiger partial charge on any atom is 0.327 e. The van der Waals surface area contributed by atoms with E-state index in [2.05, 4.69) is 20.8 Å². The highest BCUT2D eigenvalue weighted by atomic mass is 32.2. The molecule has 2 aliphatic rings. The molecule has 1 aromatic carbocycles. The van der Waals surface area contributed by atoms with Crippen molar-refractivity contribution >= 4 is 23.6 Å². The molecule has 1 saturated carbocycles. The van der Waals surface area contributed by atoms with E-state index in [0.717, 1.165) is 12.8 Å². The third-order valence-corrected chi connectivity index (χ3v) is 7.07. The van der Waals surface area contributed by atoms with E-state index >= 15 is 0 Å². The quantitative estimate of drug-likeness (QED) is 0.843. The van der Waals surface area contributed by atoms with Crippen LogP contribution in [-0.4, -0.2) is 39.1 Å². The van der Waals surface area contributed by atoms with Crippen LogP contribution in [0.2, 0.25) is 0 Å². The second-order valence-corrected chi connectivity index (χ2v) is 9.67. The van der Waals surface area contributed by atoms with Crippen molar-refractivity contribution < 1.29 is 14.7 Å². The highest BCUT2D eigenvalue weighted by molar-refractivity contribution is 8.00. The summed E-state index contributed by atoms with van der Waals surface area (Å²) in [5.74, 6) is -0.132. The van der Waals surface area contributed by atoms with Crippen LogP contribution in [0.4, 0.5) is 0 Å². The number of carboxylic acid groups (broad SMARTS) is 1. The Hall–Kier alpha value is -1.49. The van der Waals surface area contributed by atoms with E-state index in [1.54, 1.807) is 16.7 Å². The minimum Gasteiger partial charge on any atom is -0.480 e. The van der Waals surface area contributed by atoms with Crippen molar-refractivity contribution in [1.29, 1.82) is 0 Å². The van der Waals surface area contributed by atoms with Gasteiger partial charge in [-0.2, -0.15) is 0 Å². The fourth-order valence-electron chi connectivity index (χ4n) is 4.02. The van der Waals surface area contributed by atoms with Crippen molar-refractivity contribution in [3.05, 3.63) is 35.4 Å². The van der Waals surface area contributed by atoms with Gasteiger partial charge in [0.15, 0.2) is 0 Å². The normalized spacial score (nSPS) is 24.7. The predicted octanol–water partition coefficient (Wildman–Crippen LogP) is 4.53. The Balaban J connectivity index is 1.86. The predicted molar refractivity (Wildman–Crippen MR) is 106 cm³/mol. The molecular formula is C21H29NO3S. The van der Waals surface area contributed by atoms with Crippen LogP contribution in [0.3, 0.4) is 0 Å². The number of hydrogen-bond donors (Lipinski definition) is 1. The molecule has 1 saturated heterocycles. The lowest BCUT2D eigenvalue weighted by Gasteiger charge is -2.35. The number of hydrogen-bond acceptors (Lipinski definition) is 3. The molecule has 142 valence electrons. The monoisotopic (exact) mass is 375 g/mol. The van der Waals surface area contributed by atoms with E-state index in [1.807, 2.05) is 24.3 Å². The van der Waals surface area contributed by atoms with Gasteiger partial charge in [-0.15, -0.1) is 11.8 Å². The SMILES string of the molecule is CC(C)(C)c1ccc(C(=O)N2[C@@H](C3CCCCC3)SC[C@H]2C(=O)O)cc1. The molecule has 5 heteroatoms. The fourth-order valence-corrected chi connectivity index (χ4v) is 5.65. The standard InChI is InChI=1S/C21H29NO3S/c1-21(2,3)16-11-9-14(10-12-16)18(23)22-17(20(24)25)13-26-19(22)15-7-5-4-6-8-15/h9-12,15,17,19H,4-8,13H2,1-3H3,(H,24,25)/t17-,19+/m0/s1. The van der Waals surface area contributed by atoms with E-state index in [-0.39, 0.29) is 16.7 Å². The summed E-state index contributed by atoms with van der Waals surface area (Å²) in [6.07, 6.45) is 5.80. The molecule has 2 fully saturated rings. The molecule has 4 nitrogen and oxygen atoms in total. The summed E-state index contributed by atoms with van der Waals surface area (Å²) in [5, 5.41) is 9.63. The lowest BCUT2D eigenvalue weighted by Crippen LogP contribution is -2.48. The molecule has 1 amide bonds. The molecule has 0 aromatic heterocycles. The molecule has 1 aliphatic carbocycles. The van der Waals surface area contributed by atoms with Gasteiger partial charge in [0.2, 0.25) is 0 Å². The van der Waals surface area contributed by atoms with Gasteiger partial charge in [0.25, 0.3) is 5.91 Å². The highest BCUT2D eigenvalue weighted by Crippen LogP contribution is 2.41. The van der Waals surface area contributed by atoms with E-state index in [1.165, 1.54) is 24.8 Å². The molecule has 1 aromatic rings. The lowest BCUT2D eigenvalue weighted by atomic mass is 9.86. The zero-order chi connectivity index (χ0) is 18.9. The van der Waals surface area contributed by atoms with Gasteiger partial charge in [-0.05, 0) is 41.9 Å². The van der Waals surface area contributed by atoms with Crippen LogP contribution in [0.1, 0.15) is 68.8 Å². The number of carbonyl (C=O) groups is 2. The van der Waals surface area contributed by atoms with E-state index in [4.69, 9.17) is 0 Å². The van der Waals surface area contributed by atoms with Gasteiger partial charge in [0.1, 0.15) is 6.04 Å². The van der Waals surface area contributed by atoms with Crippen LogP contribution >= 0.6 is 11.8 Å². The minimum absolute atomic E-state index is 0.00815. The molecule has 0 spiro atoms. The lowest BCUT2D eigenvalue weighted by molar-refractivity contribution is -0.141. The minimum atomic E-state index is -0.893. The largest absolute Gasteiger partial charge is 0.480 e. The van der Waals surface area contributed by atoms with Gasteiger partial charge in [-0.3, -0.25) is 4.79 Å². The Morgan fingerprint density at radius 1 is 1.08 bits per heavy atom. The van der Waals surface area contributed by atoms with E-state index in [0.29, 0.717) is 17.2 Å². The maximum atomic E-state index is 13.2. The average Bonchev–Trinajstić information content (AvgIpc) is 3.06. The summed E-state index contributed by atoms with van der Waals surface area (Å²) in [5.41, 5.74) is 1.79. The van der Waals surface area contributed by atoms with E-state index in [9.17, 15) is 14.7 Å². The Morgan fingerprint density at radius 3 is 2.23 bits per heavy atom. The molecule has 26 heavy (non-hydrogen) atoms. The summed E-state index contributed by atoms with van der Waals surface area (Å²) in [7, 11) is 0. The summed E-state index contributed by atoms with van der Waals surface area (Å²) in [6.45, 7) is 6.42. The maximum absolute atomic E-state index is 13.2. The fraction of sp³-hybridized carbons (Fsp3) is 0.619. The highest BCUT2D eigenvalue weighted by Gasteiger charge is 2.45. The molecule has 3 rings (SSSR count). The van der Waals surface area contributed by atoms with Crippen LogP contribution in [0.5, 0.6) is 0 Å². The van der Waals surface area contributed by atoms with Gasteiger partial charge in [-0.1, -0.05) is 52.2 Å². The number of benzene rings is 1. The first-order valence-corrected chi connectivity index (χ1v) is 10.6. The van der Waals surface area contributed by atoms with Crippen molar-refractivity contribution in [2.45, 2.75) is 69.7 Å². The number of carbonyl (C=O) groups excluding carboxylic acids is 1. The summed E-state index contributed by atoms with van der Waals surface area (Å²) in [4.78, 5) is 26.6. The van der Waals surface area contributed by atoms with Crippen LogP contribution < -0.4 is 0 Å². The van der Waals surface area contributed by atoms with Gasteiger partial charge in [-0.25, -0.2) is 4.79 Å². The van der Waals surface area contributed by atoms with Gasteiger partial charge in [0.05, 0.1) is 5.37 Å². The summed E-state index contributed by atoms with van der Waals surface area (Å²) < 4.78 is 0. The Bertz CT molecular complexity index is 659. The molecular weight excluding hydrogens is 346 g/mol. The second-order valence-electron chi connectivity index (χ2n) is 8.52. The van der Waals surface area contributed by atoms with Crippen LogP contribution in [0.25, 0.3) is 0 Å². The molecule has 0 bridgehead atoms. The first-order valence-electron chi connectivity index (χ1n) is 9.56. The number of nitrogens with zero attached hydrogens (tertiary/aromatic N) is 1.